The lowest BCUT2D eigenvalue weighted by Crippen LogP contribution is -2.35. The van der Waals surface area contributed by atoms with Crippen LogP contribution in [-0.2, 0) is 6.42 Å². The van der Waals surface area contributed by atoms with Gasteiger partial charge in [-0.05, 0) is 41.2 Å². The summed E-state index contributed by atoms with van der Waals surface area (Å²) in [5, 5.41) is 24.0. The van der Waals surface area contributed by atoms with Crippen LogP contribution in [0.15, 0.2) is 54.6 Å². The summed E-state index contributed by atoms with van der Waals surface area (Å²) in [6, 6.07) is 14.3. The minimum absolute atomic E-state index is 0.111. The van der Waals surface area contributed by atoms with Crippen LogP contribution in [0.1, 0.15) is 95.1 Å². The van der Waals surface area contributed by atoms with Crippen molar-refractivity contribution < 1.29 is 10.2 Å². The Morgan fingerprint density at radius 3 is 2.18 bits per heavy atom. The van der Waals surface area contributed by atoms with Gasteiger partial charge in [0.25, 0.3) is 0 Å². The van der Waals surface area contributed by atoms with E-state index < -0.39 is 12.1 Å². The Bertz CT molecular complexity index is 875. The zero-order chi connectivity index (χ0) is 24.0. The maximum absolute atomic E-state index is 10.7. The lowest BCUT2D eigenvalue weighted by Gasteiger charge is -2.23. The highest BCUT2D eigenvalue weighted by Crippen LogP contribution is 2.40. The number of nitrogens with one attached hydrogen (secondary N) is 1. The number of anilines is 1. The minimum atomic E-state index is -0.711. The molecule has 0 unspecified atom stereocenters. The number of allylic oxidation sites excluding steroid dienone is 1. The smallest absolute Gasteiger partial charge is 0.0944 e. The summed E-state index contributed by atoms with van der Waals surface area (Å²) in [7, 11) is 0. The van der Waals surface area contributed by atoms with Crippen molar-refractivity contribution in [1.29, 1.82) is 0 Å². The van der Waals surface area contributed by atoms with E-state index in [1.165, 1.54) is 92.9 Å². The Morgan fingerprint density at radius 1 is 0.824 bits per heavy atom. The third kappa shape index (κ3) is 7.99. The average Bonchev–Trinajstić information content (AvgIpc) is 3.25. The molecule has 1 aliphatic rings. The molecule has 0 radical (unpaired) electrons. The number of hydrogen-bond acceptors (Lipinski definition) is 3. The number of aliphatic hydroxyl groups excluding tert-OH is 2. The summed E-state index contributed by atoms with van der Waals surface area (Å²) in [6.07, 6.45) is 19.9. The third-order valence-corrected chi connectivity index (χ3v) is 7.11. The highest BCUT2D eigenvalue weighted by molar-refractivity contribution is 5.82. The van der Waals surface area contributed by atoms with Crippen molar-refractivity contribution in [3.8, 4) is 11.1 Å². The Kier molecular flexibility index (Phi) is 11.7. The van der Waals surface area contributed by atoms with Crippen LogP contribution in [-0.4, -0.2) is 29.0 Å². The van der Waals surface area contributed by atoms with Crippen LogP contribution in [0.3, 0.4) is 0 Å². The van der Waals surface area contributed by atoms with E-state index in [2.05, 4.69) is 54.7 Å². The van der Waals surface area contributed by atoms with Crippen molar-refractivity contribution in [2.45, 2.75) is 103 Å². The van der Waals surface area contributed by atoms with Crippen LogP contribution >= 0.6 is 0 Å². The van der Waals surface area contributed by atoms with Crippen molar-refractivity contribution in [2.24, 2.45) is 0 Å². The normalized spacial score (nSPS) is 14.2. The zero-order valence-electron chi connectivity index (χ0n) is 21.1. The summed E-state index contributed by atoms with van der Waals surface area (Å²) in [5.74, 6) is 0. The SMILES string of the molecule is CCCCCCCCCCCCC/C=C/[C@@H](O)[C@H](CO)Nc1cccc2c1Cc1ccccc1-2. The molecule has 0 fully saturated rings. The molecule has 0 amide bonds. The largest absolute Gasteiger partial charge is 0.394 e. The lowest BCUT2D eigenvalue weighted by atomic mass is 10.0. The van der Waals surface area contributed by atoms with Gasteiger partial charge in [0.2, 0.25) is 0 Å². The maximum atomic E-state index is 10.7. The highest BCUT2D eigenvalue weighted by atomic mass is 16.3. The molecule has 1 aliphatic carbocycles. The van der Waals surface area contributed by atoms with E-state index in [9.17, 15) is 10.2 Å². The number of fused-ring (bicyclic) bond motifs is 3. The third-order valence-electron chi connectivity index (χ3n) is 7.11. The van der Waals surface area contributed by atoms with Gasteiger partial charge in [-0.2, -0.15) is 0 Å². The molecule has 0 saturated heterocycles. The van der Waals surface area contributed by atoms with E-state index in [0.29, 0.717) is 0 Å². The Hall–Kier alpha value is -2.10. The number of hydrogen-bond donors (Lipinski definition) is 3. The average molecular weight is 464 g/mol. The molecule has 3 heteroatoms. The molecule has 0 heterocycles. The van der Waals surface area contributed by atoms with Crippen molar-refractivity contribution in [1.82, 2.24) is 0 Å². The molecular weight excluding hydrogens is 418 g/mol. The first-order chi connectivity index (χ1) is 16.7. The second-order valence-corrected chi connectivity index (χ2v) is 9.84. The topological polar surface area (TPSA) is 52.5 Å². The Balaban J connectivity index is 1.35. The second kappa shape index (κ2) is 15.0. The van der Waals surface area contributed by atoms with Gasteiger partial charge < -0.3 is 15.5 Å². The van der Waals surface area contributed by atoms with E-state index in [1.54, 1.807) is 0 Å². The van der Waals surface area contributed by atoms with Crippen molar-refractivity contribution in [3.63, 3.8) is 0 Å². The van der Waals surface area contributed by atoms with Gasteiger partial charge in [-0.25, -0.2) is 0 Å². The van der Waals surface area contributed by atoms with Gasteiger partial charge in [-0.3, -0.25) is 0 Å². The second-order valence-electron chi connectivity index (χ2n) is 9.84. The van der Waals surface area contributed by atoms with Crippen LogP contribution in [0.2, 0.25) is 0 Å². The van der Waals surface area contributed by atoms with E-state index in [0.717, 1.165) is 18.5 Å². The molecule has 0 bridgehead atoms. The highest BCUT2D eigenvalue weighted by Gasteiger charge is 2.23. The van der Waals surface area contributed by atoms with Gasteiger partial charge in [0.1, 0.15) is 0 Å². The molecular formula is C31H45NO2. The van der Waals surface area contributed by atoms with Crippen LogP contribution in [0.4, 0.5) is 5.69 Å². The van der Waals surface area contributed by atoms with Crippen LogP contribution in [0.5, 0.6) is 0 Å². The summed E-state index contributed by atoms with van der Waals surface area (Å²) >= 11 is 0. The molecule has 2 aromatic carbocycles. The van der Waals surface area contributed by atoms with Crippen molar-refractivity contribution >= 4 is 5.69 Å². The first kappa shape index (κ1) is 26.5. The fraction of sp³-hybridized carbons (Fsp3) is 0.548. The fourth-order valence-electron chi connectivity index (χ4n) is 5.03. The summed E-state index contributed by atoms with van der Waals surface area (Å²) in [5.41, 5.74) is 6.12. The zero-order valence-corrected chi connectivity index (χ0v) is 21.1. The minimum Gasteiger partial charge on any atom is -0.394 e. The summed E-state index contributed by atoms with van der Waals surface area (Å²) in [6.45, 7) is 2.16. The van der Waals surface area contributed by atoms with Gasteiger partial charge >= 0.3 is 0 Å². The van der Waals surface area contributed by atoms with Gasteiger partial charge in [0.15, 0.2) is 0 Å². The molecule has 3 N–H and O–H groups in total. The van der Waals surface area contributed by atoms with Crippen LogP contribution in [0, 0.1) is 0 Å². The molecule has 3 rings (SSSR count). The monoisotopic (exact) mass is 463 g/mol. The molecule has 3 nitrogen and oxygen atoms in total. The van der Waals surface area contributed by atoms with Gasteiger partial charge in [-0.15, -0.1) is 0 Å². The van der Waals surface area contributed by atoms with E-state index in [1.807, 2.05) is 12.1 Å². The number of unbranched alkanes of at least 4 members (excludes halogenated alkanes) is 11. The van der Waals surface area contributed by atoms with Crippen LogP contribution < -0.4 is 5.32 Å². The Morgan fingerprint density at radius 2 is 1.47 bits per heavy atom. The molecule has 0 aliphatic heterocycles. The van der Waals surface area contributed by atoms with E-state index >= 15 is 0 Å². The van der Waals surface area contributed by atoms with Crippen molar-refractivity contribution in [2.75, 3.05) is 11.9 Å². The molecule has 0 spiro atoms. The molecule has 2 aromatic rings. The van der Waals surface area contributed by atoms with Gasteiger partial charge in [0.05, 0.1) is 18.8 Å². The Labute approximate surface area is 207 Å². The standard InChI is InChI=1S/C31H45NO2/c1-2-3-4-5-6-7-8-9-10-11-12-13-14-22-31(34)30(24-33)32-29-21-17-20-27-26-19-16-15-18-25(26)23-28(27)29/h14-22,30-34H,2-13,23-24H2,1H3/b22-14+/t30-,31+/m0/s1. The van der Waals surface area contributed by atoms with Gasteiger partial charge in [-0.1, -0.05) is 120 Å². The summed E-state index contributed by atoms with van der Waals surface area (Å²) < 4.78 is 0. The van der Waals surface area contributed by atoms with E-state index in [4.69, 9.17) is 0 Å². The van der Waals surface area contributed by atoms with E-state index in [-0.39, 0.29) is 6.61 Å². The quantitative estimate of drug-likeness (QED) is 0.142. The fourth-order valence-corrected chi connectivity index (χ4v) is 5.03. The molecule has 0 aromatic heterocycles. The number of rotatable bonds is 17. The van der Waals surface area contributed by atoms with Crippen LogP contribution in [0.25, 0.3) is 11.1 Å². The summed E-state index contributed by atoms with van der Waals surface area (Å²) in [4.78, 5) is 0. The first-order valence-corrected chi connectivity index (χ1v) is 13.7. The van der Waals surface area contributed by atoms with Gasteiger partial charge in [0, 0.05) is 12.1 Å². The molecule has 2 atom stereocenters. The predicted molar refractivity (Wildman–Crippen MR) is 145 cm³/mol. The maximum Gasteiger partial charge on any atom is 0.0944 e. The van der Waals surface area contributed by atoms with Crippen molar-refractivity contribution in [3.05, 3.63) is 65.7 Å². The molecule has 186 valence electrons. The first-order valence-electron chi connectivity index (χ1n) is 13.7. The lowest BCUT2D eigenvalue weighted by molar-refractivity contribution is 0.153. The number of benzene rings is 2. The molecule has 0 saturated carbocycles. The molecule has 34 heavy (non-hydrogen) atoms. The predicted octanol–water partition coefficient (Wildman–Crippen LogP) is 7.65. The number of aliphatic hydroxyl groups is 2.